The molecule has 0 amide bonds. The zero-order valence-electron chi connectivity index (χ0n) is 16.5. The molecule has 1 N–H and O–H groups in total. The molecule has 0 bridgehead atoms. The van der Waals surface area contributed by atoms with Gasteiger partial charge >= 0.3 is 17.9 Å². The molecule has 8 heteroatoms. The Morgan fingerprint density at radius 2 is 1.67 bits per heavy atom. The second-order valence-corrected chi connectivity index (χ2v) is 6.07. The number of halogens is 1. The fourth-order valence-electron chi connectivity index (χ4n) is 2.34. The fourth-order valence-corrected chi connectivity index (χ4v) is 2.34. The summed E-state index contributed by atoms with van der Waals surface area (Å²) < 4.78 is 29.2. The predicted molar refractivity (Wildman–Crippen MR) is 108 cm³/mol. The average Bonchev–Trinajstić information content (AvgIpc) is 2.75. The summed E-state index contributed by atoms with van der Waals surface area (Å²) in [4.78, 5) is 35.0. The van der Waals surface area contributed by atoms with Crippen LogP contribution in [0.3, 0.4) is 0 Å². The van der Waals surface area contributed by atoms with Crippen molar-refractivity contribution in [3.8, 4) is 5.75 Å². The van der Waals surface area contributed by atoms with E-state index in [2.05, 4.69) is 11.9 Å². The topological polar surface area (TPSA) is 90.9 Å². The quantitative estimate of drug-likeness (QED) is 0.273. The maximum absolute atomic E-state index is 14.2. The van der Waals surface area contributed by atoms with Gasteiger partial charge in [0.15, 0.2) is 0 Å². The standard InChI is InChI=1S/C22H22FNO6/c1-3-20(25)28-12-4-5-13-29-22(27)18-11-10-17(14-19(18)23)30-21(26)15-6-8-16(24-2)9-7-15/h3,6-11,14,24H,1,4-5,12-13H2,2H3. The summed E-state index contributed by atoms with van der Waals surface area (Å²) in [5.74, 6) is -2.91. The van der Waals surface area contributed by atoms with Gasteiger partial charge in [0.1, 0.15) is 11.6 Å². The van der Waals surface area contributed by atoms with Gasteiger partial charge in [-0.1, -0.05) is 6.58 Å². The van der Waals surface area contributed by atoms with Crippen molar-refractivity contribution in [2.45, 2.75) is 12.8 Å². The third-order valence-corrected chi connectivity index (χ3v) is 3.96. The summed E-state index contributed by atoms with van der Waals surface area (Å²) >= 11 is 0. The van der Waals surface area contributed by atoms with Gasteiger partial charge < -0.3 is 19.5 Å². The highest BCUT2D eigenvalue weighted by Gasteiger charge is 2.16. The van der Waals surface area contributed by atoms with E-state index < -0.39 is 23.7 Å². The SMILES string of the molecule is C=CC(=O)OCCCCOC(=O)c1ccc(OC(=O)c2ccc(NC)cc2)cc1F. The molecule has 0 unspecified atom stereocenters. The van der Waals surface area contributed by atoms with E-state index in [1.165, 1.54) is 12.1 Å². The van der Waals surface area contributed by atoms with E-state index in [4.69, 9.17) is 14.2 Å². The molecule has 0 aliphatic rings. The maximum atomic E-state index is 14.2. The molecule has 0 saturated carbocycles. The van der Waals surface area contributed by atoms with Crippen LogP contribution >= 0.6 is 0 Å². The molecule has 0 saturated heterocycles. The van der Waals surface area contributed by atoms with Crippen LogP contribution in [-0.2, 0) is 14.3 Å². The van der Waals surface area contributed by atoms with Gasteiger partial charge in [-0.25, -0.2) is 18.8 Å². The molecule has 0 heterocycles. The lowest BCUT2D eigenvalue weighted by molar-refractivity contribution is -0.137. The smallest absolute Gasteiger partial charge is 0.343 e. The number of carbonyl (C=O) groups excluding carboxylic acids is 3. The lowest BCUT2D eigenvalue weighted by Gasteiger charge is -2.08. The van der Waals surface area contributed by atoms with E-state index in [-0.39, 0.29) is 24.5 Å². The van der Waals surface area contributed by atoms with Gasteiger partial charge in [0, 0.05) is 24.9 Å². The van der Waals surface area contributed by atoms with Gasteiger partial charge in [0.05, 0.1) is 24.3 Å². The van der Waals surface area contributed by atoms with Crippen LogP contribution in [-0.4, -0.2) is 38.2 Å². The van der Waals surface area contributed by atoms with Crippen molar-refractivity contribution in [1.82, 2.24) is 0 Å². The highest BCUT2D eigenvalue weighted by Crippen LogP contribution is 2.19. The van der Waals surface area contributed by atoms with Gasteiger partial charge in [-0.3, -0.25) is 0 Å². The van der Waals surface area contributed by atoms with Crippen LogP contribution < -0.4 is 10.1 Å². The zero-order valence-corrected chi connectivity index (χ0v) is 16.5. The number of nitrogens with one attached hydrogen (secondary N) is 1. The number of hydrogen-bond acceptors (Lipinski definition) is 7. The van der Waals surface area contributed by atoms with Crippen LogP contribution in [0.25, 0.3) is 0 Å². The second-order valence-electron chi connectivity index (χ2n) is 6.07. The normalized spacial score (nSPS) is 10.1. The molecule has 0 atom stereocenters. The summed E-state index contributed by atoms with van der Waals surface area (Å²) in [6.45, 7) is 3.50. The van der Waals surface area contributed by atoms with Gasteiger partial charge in [0.25, 0.3) is 0 Å². The minimum atomic E-state index is -0.865. The lowest BCUT2D eigenvalue weighted by Crippen LogP contribution is -2.11. The number of anilines is 1. The van der Waals surface area contributed by atoms with Crippen LogP contribution in [0.4, 0.5) is 10.1 Å². The van der Waals surface area contributed by atoms with E-state index in [0.717, 1.165) is 17.8 Å². The van der Waals surface area contributed by atoms with Crippen molar-refractivity contribution in [3.05, 3.63) is 72.1 Å². The molecule has 2 rings (SSSR count). The van der Waals surface area contributed by atoms with E-state index in [1.807, 2.05) is 0 Å². The first-order valence-electron chi connectivity index (χ1n) is 9.20. The van der Waals surface area contributed by atoms with Crippen molar-refractivity contribution in [2.75, 3.05) is 25.6 Å². The summed E-state index contributed by atoms with van der Waals surface area (Å²) in [5.41, 5.74) is 0.862. The van der Waals surface area contributed by atoms with Crippen LogP contribution in [0.5, 0.6) is 5.75 Å². The Labute approximate surface area is 173 Å². The Hall–Kier alpha value is -3.68. The number of rotatable bonds is 10. The number of unbranched alkanes of at least 4 members (excludes halogenated alkanes) is 1. The third-order valence-electron chi connectivity index (χ3n) is 3.96. The van der Waals surface area contributed by atoms with E-state index in [9.17, 15) is 18.8 Å². The van der Waals surface area contributed by atoms with Crippen LogP contribution in [0.2, 0.25) is 0 Å². The molecular weight excluding hydrogens is 393 g/mol. The molecule has 30 heavy (non-hydrogen) atoms. The summed E-state index contributed by atoms with van der Waals surface area (Å²) in [6.07, 6.45) is 1.99. The highest BCUT2D eigenvalue weighted by molar-refractivity contribution is 5.92. The van der Waals surface area contributed by atoms with E-state index in [0.29, 0.717) is 18.4 Å². The number of carbonyl (C=O) groups is 3. The van der Waals surface area contributed by atoms with Gasteiger partial charge in [0.2, 0.25) is 0 Å². The Morgan fingerprint density at radius 3 is 2.27 bits per heavy atom. The van der Waals surface area contributed by atoms with Crippen LogP contribution in [0.15, 0.2) is 55.1 Å². The lowest BCUT2D eigenvalue weighted by atomic mass is 10.2. The minimum Gasteiger partial charge on any atom is -0.463 e. The van der Waals surface area contributed by atoms with Crippen molar-refractivity contribution in [3.63, 3.8) is 0 Å². The first-order valence-corrected chi connectivity index (χ1v) is 9.20. The van der Waals surface area contributed by atoms with Crippen molar-refractivity contribution in [2.24, 2.45) is 0 Å². The van der Waals surface area contributed by atoms with Crippen molar-refractivity contribution >= 4 is 23.6 Å². The monoisotopic (exact) mass is 415 g/mol. The Kier molecular flexibility index (Phi) is 8.56. The second kappa shape index (κ2) is 11.4. The molecule has 0 aliphatic carbocycles. The van der Waals surface area contributed by atoms with Crippen molar-refractivity contribution < 1.29 is 33.0 Å². The summed E-state index contributed by atoms with van der Waals surface area (Å²) in [7, 11) is 1.75. The fraction of sp³-hybridized carbons (Fsp3) is 0.227. The average molecular weight is 415 g/mol. The molecule has 0 aromatic heterocycles. The maximum Gasteiger partial charge on any atom is 0.343 e. The van der Waals surface area contributed by atoms with E-state index in [1.54, 1.807) is 31.3 Å². The molecule has 2 aromatic carbocycles. The molecule has 0 aliphatic heterocycles. The molecule has 7 nitrogen and oxygen atoms in total. The van der Waals surface area contributed by atoms with Gasteiger partial charge in [-0.05, 0) is 49.2 Å². The Bertz CT molecular complexity index is 910. The highest BCUT2D eigenvalue weighted by atomic mass is 19.1. The Balaban J connectivity index is 1.84. The summed E-state index contributed by atoms with van der Waals surface area (Å²) in [5, 5.41) is 2.93. The first-order chi connectivity index (χ1) is 14.4. The largest absolute Gasteiger partial charge is 0.463 e. The van der Waals surface area contributed by atoms with Crippen molar-refractivity contribution in [1.29, 1.82) is 0 Å². The molecular formula is C22H22FNO6. The first kappa shape index (κ1) is 22.6. The van der Waals surface area contributed by atoms with Gasteiger partial charge in [-0.15, -0.1) is 0 Å². The number of ether oxygens (including phenoxy) is 3. The van der Waals surface area contributed by atoms with Gasteiger partial charge in [-0.2, -0.15) is 0 Å². The predicted octanol–water partition coefficient (Wildman–Crippen LogP) is 3.75. The van der Waals surface area contributed by atoms with Crippen LogP contribution in [0, 0.1) is 5.82 Å². The zero-order chi connectivity index (χ0) is 21.9. The minimum absolute atomic E-state index is 0.0317. The number of benzene rings is 2. The molecule has 2 aromatic rings. The molecule has 158 valence electrons. The number of esters is 3. The van der Waals surface area contributed by atoms with Crippen LogP contribution in [0.1, 0.15) is 33.6 Å². The number of hydrogen-bond donors (Lipinski definition) is 1. The molecule has 0 radical (unpaired) electrons. The van der Waals surface area contributed by atoms with E-state index >= 15 is 0 Å². The Morgan fingerprint density at radius 1 is 1.00 bits per heavy atom. The molecule has 0 fully saturated rings. The summed E-state index contributed by atoms with van der Waals surface area (Å²) in [6, 6.07) is 10.0. The molecule has 0 spiro atoms. The third kappa shape index (κ3) is 6.73.